The fourth-order valence-corrected chi connectivity index (χ4v) is 2.34. The van der Waals surface area contributed by atoms with E-state index in [9.17, 15) is 8.78 Å². The van der Waals surface area contributed by atoms with Crippen molar-refractivity contribution in [3.05, 3.63) is 77.5 Å². The molecule has 3 aromatic rings. The van der Waals surface area contributed by atoms with E-state index in [1.54, 1.807) is 30.3 Å². The monoisotopic (exact) mass is 301 g/mol. The molecule has 0 saturated carbocycles. The first-order valence-electron chi connectivity index (χ1n) is 6.31. The van der Waals surface area contributed by atoms with Gasteiger partial charge in [0.1, 0.15) is 11.6 Å². The maximum atomic E-state index is 13.4. The van der Waals surface area contributed by atoms with Crippen LogP contribution >= 0.6 is 11.6 Å². The number of benzene rings is 2. The summed E-state index contributed by atoms with van der Waals surface area (Å²) in [7, 11) is 0. The molecule has 0 fully saturated rings. The first-order chi connectivity index (χ1) is 10.1. The summed E-state index contributed by atoms with van der Waals surface area (Å²) in [4.78, 5) is 4.27. The Hall–Kier alpha value is -2.26. The van der Waals surface area contributed by atoms with Crippen LogP contribution in [0, 0.1) is 11.6 Å². The lowest BCUT2D eigenvalue weighted by Crippen LogP contribution is -1.91. The average molecular weight is 302 g/mol. The van der Waals surface area contributed by atoms with E-state index in [1.807, 2.05) is 0 Å². The van der Waals surface area contributed by atoms with E-state index < -0.39 is 0 Å². The molecule has 4 heteroatoms. The summed E-state index contributed by atoms with van der Waals surface area (Å²) in [6, 6.07) is 13.9. The van der Waals surface area contributed by atoms with Crippen molar-refractivity contribution in [3.63, 3.8) is 0 Å². The van der Waals surface area contributed by atoms with Gasteiger partial charge in [0.25, 0.3) is 0 Å². The molecule has 3 rings (SSSR count). The van der Waals surface area contributed by atoms with Crippen molar-refractivity contribution in [2.45, 2.75) is 0 Å². The van der Waals surface area contributed by atoms with Crippen molar-refractivity contribution in [2.75, 3.05) is 0 Å². The van der Waals surface area contributed by atoms with E-state index in [1.165, 1.54) is 30.5 Å². The van der Waals surface area contributed by atoms with E-state index in [4.69, 9.17) is 11.6 Å². The van der Waals surface area contributed by atoms with Gasteiger partial charge in [-0.3, -0.25) is 4.98 Å². The molecule has 0 amide bonds. The predicted octanol–water partition coefficient (Wildman–Crippen LogP) is 5.35. The largest absolute Gasteiger partial charge is 0.254 e. The van der Waals surface area contributed by atoms with Crippen molar-refractivity contribution >= 4 is 11.6 Å². The summed E-state index contributed by atoms with van der Waals surface area (Å²) >= 11 is 5.99. The molecule has 2 aromatic carbocycles. The van der Waals surface area contributed by atoms with Crippen LogP contribution in [0.15, 0.2) is 60.8 Å². The molecule has 0 radical (unpaired) electrons. The zero-order valence-electron chi connectivity index (χ0n) is 10.9. The molecule has 104 valence electrons. The number of nitrogens with zero attached hydrogens (tertiary/aromatic N) is 1. The van der Waals surface area contributed by atoms with Crippen molar-refractivity contribution in [1.82, 2.24) is 4.98 Å². The van der Waals surface area contributed by atoms with Crippen LogP contribution in [0.3, 0.4) is 0 Å². The van der Waals surface area contributed by atoms with E-state index in [2.05, 4.69) is 4.98 Å². The highest BCUT2D eigenvalue weighted by atomic mass is 35.5. The SMILES string of the molecule is Fc1cccc(-c2cc(Cl)cnc2-c2cccc(F)c2)c1. The van der Waals surface area contributed by atoms with Gasteiger partial charge < -0.3 is 0 Å². The molecule has 0 N–H and O–H groups in total. The molecule has 0 aliphatic heterocycles. The second-order valence-corrected chi connectivity index (χ2v) is 5.01. The predicted molar refractivity (Wildman–Crippen MR) is 80.0 cm³/mol. The lowest BCUT2D eigenvalue weighted by atomic mass is 9.99. The Labute approximate surface area is 125 Å². The van der Waals surface area contributed by atoms with Gasteiger partial charge in [0.2, 0.25) is 0 Å². The van der Waals surface area contributed by atoms with Crippen molar-refractivity contribution in [1.29, 1.82) is 0 Å². The number of aromatic nitrogens is 1. The fourth-order valence-electron chi connectivity index (χ4n) is 2.18. The number of pyridine rings is 1. The molecule has 0 atom stereocenters. The standard InChI is InChI=1S/C17H10ClF2N/c18-13-9-16(11-3-1-5-14(19)7-11)17(21-10-13)12-4-2-6-15(20)8-12/h1-10H. The summed E-state index contributed by atoms with van der Waals surface area (Å²) < 4.78 is 26.9. The van der Waals surface area contributed by atoms with E-state index >= 15 is 0 Å². The third kappa shape index (κ3) is 2.93. The Kier molecular flexibility index (Phi) is 3.67. The third-order valence-corrected chi connectivity index (χ3v) is 3.29. The smallest absolute Gasteiger partial charge is 0.123 e. The average Bonchev–Trinajstić information content (AvgIpc) is 2.47. The van der Waals surface area contributed by atoms with Crippen LogP contribution in [-0.4, -0.2) is 4.98 Å². The van der Waals surface area contributed by atoms with Crippen LogP contribution in [-0.2, 0) is 0 Å². The molecule has 0 unspecified atom stereocenters. The molecule has 0 spiro atoms. The van der Waals surface area contributed by atoms with Gasteiger partial charge in [-0.2, -0.15) is 0 Å². The summed E-state index contributed by atoms with van der Waals surface area (Å²) in [5.41, 5.74) is 2.48. The highest BCUT2D eigenvalue weighted by Gasteiger charge is 2.11. The first-order valence-corrected chi connectivity index (χ1v) is 6.69. The maximum Gasteiger partial charge on any atom is 0.123 e. The molecule has 1 aromatic heterocycles. The Bertz CT molecular complexity index is 802. The molecular weight excluding hydrogens is 292 g/mol. The second-order valence-electron chi connectivity index (χ2n) is 4.57. The van der Waals surface area contributed by atoms with Gasteiger partial charge in [0, 0.05) is 17.3 Å². The zero-order chi connectivity index (χ0) is 14.8. The fraction of sp³-hybridized carbons (Fsp3) is 0. The molecule has 0 saturated heterocycles. The van der Waals surface area contributed by atoms with Gasteiger partial charge in [0.15, 0.2) is 0 Å². The number of halogens is 3. The Morgan fingerprint density at radius 3 is 2.10 bits per heavy atom. The van der Waals surface area contributed by atoms with Gasteiger partial charge >= 0.3 is 0 Å². The molecule has 21 heavy (non-hydrogen) atoms. The van der Waals surface area contributed by atoms with Crippen LogP contribution in [0.5, 0.6) is 0 Å². The van der Waals surface area contributed by atoms with E-state index in [0.29, 0.717) is 27.4 Å². The van der Waals surface area contributed by atoms with Gasteiger partial charge in [-0.05, 0) is 35.9 Å². The highest BCUT2D eigenvalue weighted by Crippen LogP contribution is 2.32. The quantitative estimate of drug-likeness (QED) is 0.622. The summed E-state index contributed by atoms with van der Waals surface area (Å²) in [5.74, 6) is -0.702. The lowest BCUT2D eigenvalue weighted by Gasteiger charge is -2.10. The molecule has 1 nitrogen and oxygen atoms in total. The Balaban J connectivity index is 2.22. The van der Waals surface area contributed by atoms with E-state index in [-0.39, 0.29) is 11.6 Å². The molecule has 1 heterocycles. The molecule has 0 bridgehead atoms. The lowest BCUT2D eigenvalue weighted by molar-refractivity contribution is 0.627. The summed E-state index contributed by atoms with van der Waals surface area (Å²) in [6.07, 6.45) is 1.49. The van der Waals surface area contributed by atoms with Crippen LogP contribution in [0.1, 0.15) is 0 Å². The molecular formula is C17H10ClF2N. The van der Waals surface area contributed by atoms with Crippen LogP contribution in [0.25, 0.3) is 22.4 Å². The minimum Gasteiger partial charge on any atom is -0.254 e. The van der Waals surface area contributed by atoms with Crippen LogP contribution < -0.4 is 0 Å². The van der Waals surface area contributed by atoms with Gasteiger partial charge in [-0.1, -0.05) is 35.9 Å². The first kappa shape index (κ1) is 13.7. The summed E-state index contributed by atoms with van der Waals surface area (Å²) in [5, 5.41) is 0.439. The third-order valence-electron chi connectivity index (χ3n) is 3.09. The van der Waals surface area contributed by atoms with Crippen molar-refractivity contribution in [2.24, 2.45) is 0 Å². The maximum absolute atomic E-state index is 13.4. The number of hydrogen-bond acceptors (Lipinski definition) is 1. The van der Waals surface area contributed by atoms with Crippen molar-refractivity contribution < 1.29 is 8.78 Å². The van der Waals surface area contributed by atoms with Crippen molar-refractivity contribution in [3.8, 4) is 22.4 Å². The number of hydrogen-bond donors (Lipinski definition) is 0. The molecule has 0 aliphatic rings. The molecule has 0 aliphatic carbocycles. The highest BCUT2D eigenvalue weighted by molar-refractivity contribution is 6.30. The van der Waals surface area contributed by atoms with E-state index in [0.717, 1.165) is 0 Å². The zero-order valence-corrected chi connectivity index (χ0v) is 11.6. The second kappa shape index (κ2) is 5.62. The minimum atomic E-state index is -0.352. The van der Waals surface area contributed by atoms with Crippen LogP contribution in [0.4, 0.5) is 8.78 Å². The number of rotatable bonds is 2. The van der Waals surface area contributed by atoms with Gasteiger partial charge in [-0.15, -0.1) is 0 Å². The summed E-state index contributed by atoms with van der Waals surface area (Å²) in [6.45, 7) is 0. The van der Waals surface area contributed by atoms with Gasteiger partial charge in [0.05, 0.1) is 10.7 Å². The minimum absolute atomic E-state index is 0.349. The Morgan fingerprint density at radius 1 is 0.810 bits per heavy atom. The topological polar surface area (TPSA) is 12.9 Å². The van der Waals surface area contributed by atoms with Gasteiger partial charge in [-0.25, -0.2) is 8.78 Å². The Morgan fingerprint density at radius 2 is 1.43 bits per heavy atom. The van der Waals surface area contributed by atoms with Crippen LogP contribution in [0.2, 0.25) is 5.02 Å². The normalized spacial score (nSPS) is 10.6.